The molecule has 0 amide bonds. The molecule has 3 heteroatoms. The Morgan fingerprint density at radius 3 is 2.19 bits per heavy atom. The fourth-order valence-electron chi connectivity index (χ4n) is 1.23. The maximum Gasteiger partial charge on any atom is 0.123 e. The number of hydrogen-bond donors (Lipinski definition) is 0. The summed E-state index contributed by atoms with van der Waals surface area (Å²) in [6.45, 7) is 0. The summed E-state index contributed by atoms with van der Waals surface area (Å²) < 4.78 is 13.8. The predicted octanol–water partition coefficient (Wildman–Crippen LogP) is 4.18. The molecule has 2 aromatic carbocycles. The van der Waals surface area contributed by atoms with Crippen molar-refractivity contribution < 1.29 is 4.39 Å². The molecule has 0 saturated carbocycles. The Morgan fingerprint density at radius 1 is 0.938 bits per heavy atom. The van der Waals surface area contributed by atoms with Gasteiger partial charge >= 0.3 is 0 Å². The zero-order chi connectivity index (χ0) is 11.4. The summed E-state index contributed by atoms with van der Waals surface area (Å²) in [4.78, 5) is 4.25. The van der Waals surface area contributed by atoms with Gasteiger partial charge in [-0.1, -0.05) is 12.1 Å². The van der Waals surface area contributed by atoms with E-state index in [1.54, 1.807) is 18.3 Å². The van der Waals surface area contributed by atoms with Crippen LogP contribution in [0.15, 0.2) is 53.5 Å². The maximum atomic E-state index is 12.6. The van der Waals surface area contributed by atoms with Crippen molar-refractivity contribution in [1.29, 1.82) is 0 Å². The van der Waals surface area contributed by atoms with E-state index in [0.29, 0.717) is 0 Å². The van der Waals surface area contributed by atoms with Crippen molar-refractivity contribution in [3.63, 3.8) is 0 Å². The van der Waals surface area contributed by atoms with Gasteiger partial charge in [0.25, 0.3) is 0 Å². The average molecular weight is 325 g/mol. The molecule has 0 aromatic heterocycles. The quantitative estimate of drug-likeness (QED) is 0.580. The molecule has 0 aliphatic carbocycles. The fourth-order valence-corrected chi connectivity index (χ4v) is 1.58. The van der Waals surface area contributed by atoms with E-state index in [-0.39, 0.29) is 5.82 Å². The van der Waals surface area contributed by atoms with Crippen LogP contribution in [0.5, 0.6) is 0 Å². The zero-order valence-corrected chi connectivity index (χ0v) is 10.6. The summed E-state index contributed by atoms with van der Waals surface area (Å²) in [5.41, 5.74) is 1.78. The lowest BCUT2D eigenvalue weighted by atomic mass is 10.2. The number of benzene rings is 2. The lowest BCUT2D eigenvalue weighted by Crippen LogP contribution is -1.80. The minimum atomic E-state index is -0.242. The molecule has 2 rings (SSSR count). The second kappa shape index (κ2) is 5.21. The van der Waals surface area contributed by atoms with Gasteiger partial charge in [0.2, 0.25) is 0 Å². The minimum Gasteiger partial charge on any atom is -0.256 e. The maximum absolute atomic E-state index is 12.6. The van der Waals surface area contributed by atoms with Crippen LogP contribution in [0.3, 0.4) is 0 Å². The summed E-state index contributed by atoms with van der Waals surface area (Å²) in [7, 11) is 0. The third-order valence-corrected chi connectivity index (χ3v) is 2.78. The first kappa shape index (κ1) is 11.3. The predicted molar refractivity (Wildman–Crippen MR) is 72.8 cm³/mol. The van der Waals surface area contributed by atoms with Crippen LogP contribution in [0.4, 0.5) is 10.1 Å². The van der Waals surface area contributed by atoms with Crippen LogP contribution in [-0.2, 0) is 0 Å². The van der Waals surface area contributed by atoms with Gasteiger partial charge < -0.3 is 0 Å². The summed E-state index contributed by atoms with van der Waals surface area (Å²) in [6.07, 6.45) is 1.77. The molecule has 0 heterocycles. The van der Waals surface area contributed by atoms with Crippen molar-refractivity contribution in [3.05, 3.63) is 63.5 Å². The van der Waals surface area contributed by atoms with E-state index in [4.69, 9.17) is 0 Å². The molecule has 0 saturated heterocycles. The third-order valence-electron chi connectivity index (χ3n) is 2.06. The van der Waals surface area contributed by atoms with Gasteiger partial charge in [-0.2, -0.15) is 0 Å². The number of nitrogens with zero attached hydrogens (tertiary/aromatic N) is 1. The summed E-state index contributed by atoms with van der Waals surface area (Å²) in [5.74, 6) is -0.242. The number of hydrogen-bond acceptors (Lipinski definition) is 1. The summed E-state index contributed by atoms with van der Waals surface area (Å²) >= 11 is 2.25. The molecule has 0 N–H and O–H groups in total. The van der Waals surface area contributed by atoms with Crippen molar-refractivity contribution in [2.75, 3.05) is 0 Å². The largest absolute Gasteiger partial charge is 0.256 e. The number of rotatable bonds is 2. The fraction of sp³-hybridized carbons (Fsp3) is 0. The van der Waals surface area contributed by atoms with Crippen LogP contribution in [0.1, 0.15) is 5.56 Å². The van der Waals surface area contributed by atoms with Gasteiger partial charge in [-0.25, -0.2) is 4.39 Å². The molecule has 0 fully saturated rings. The first-order valence-electron chi connectivity index (χ1n) is 4.79. The molecule has 0 aliphatic heterocycles. The first-order chi connectivity index (χ1) is 7.74. The molecule has 0 aliphatic rings. The van der Waals surface area contributed by atoms with E-state index in [1.165, 1.54) is 15.7 Å². The lowest BCUT2D eigenvalue weighted by molar-refractivity contribution is 0.628. The highest BCUT2D eigenvalue weighted by Gasteiger charge is 1.91. The minimum absolute atomic E-state index is 0.242. The van der Waals surface area contributed by atoms with E-state index in [2.05, 4.69) is 27.6 Å². The highest BCUT2D eigenvalue weighted by atomic mass is 127. The van der Waals surface area contributed by atoms with Crippen LogP contribution in [0.2, 0.25) is 0 Å². The van der Waals surface area contributed by atoms with Crippen LogP contribution in [0.25, 0.3) is 0 Å². The van der Waals surface area contributed by atoms with Gasteiger partial charge in [0.1, 0.15) is 5.82 Å². The SMILES string of the molecule is Fc1ccc(/N=C\c2ccc(I)cc2)cc1. The van der Waals surface area contributed by atoms with E-state index in [0.717, 1.165) is 11.3 Å². The van der Waals surface area contributed by atoms with E-state index in [1.807, 2.05) is 24.3 Å². The molecule has 0 spiro atoms. The van der Waals surface area contributed by atoms with Gasteiger partial charge in [-0.3, -0.25) is 4.99 Å². The second-order valence-corrected chi connectivity index (χ2v) is 4.53. The van der Waals surface area contributed by atoms with Gasteiger partial charge in [-0.05, 0) is 64.6 Å². The Kier molecular flexibility index (Phi) is 3.66. The van der Waals surface area contributed by atoms with E-state index < -0.39 is 0 Å². The van der Waals surface area contributed by atoms with Gasteiger partial charge in [-0.15, -0.1) is 0 Å². The average Bonchev–Trinajstić information content (AvgIpc) is 2.30. The Hall–Kier alpha value is -1.23. The Balaban J connectivity index is 2.15. The molecular formula is C13H9FIN. The second-order valence-electron chi connectivity index (χ2n) is 3.29. The highest BCUT2D eigenvalue weighted by Crippen LogP contribution is 2.12. The van der Waals surface area contributed by atoms with E-state index >= 15 is 0 Å². The first-order valence-corrected chi connectivity index (χ1v) is 5.87. The van der Waals surface area contributed by atoms with E-state index in [9.17, 15) is 4.39 Å². The smallest absolute Gasteiger partial charge is 0.123 e. The van der Waals surface area contributed by atoms with Crippen LogP contribution in [-0.4, -0.2) is 6.21 Å². The Morgan fingerprint density at radius 2 is 1.56 bits per heavy atom. The number of halogens is 2. The highest BCUT2D eigenvalue weighted by molar-refractivity contribution is 14.1. The van der Waals surface area contributed by atoms with Crippen molar-refractivity contribution >= 4 is 34.5 Å². The molecule has 0 unspecified atom stereocenters. The normalized spacial score (nSPS) is 10.9. The lowest BCUT2D eigenvalue weighted by Gasteiger charge is -1.94. The van der Waals surface area contributed by atoms with Gasteiger partial charge in [0.05, 0.1) is 5.69 Å². The van der Waals surface area contributed by atoms with Crippen LogP contribution in [0, 0.1) is 9.39 Å². The zero-order valence-electron chi connectivity index (χ0n) is 8.40. The molecule has 2 aromatic rings. The van der Waals surface area contributed by atoms with Gasteiger partial charge in [0, 0.05) is 9.78 Å². The summed E-state index contributed by atoms with van der Waals surface area (Å²) in [5, 5.41) is 0. The van der Waals surface area contributed by atoms with Crippen molar-refractivity contribution in [3.8, 4) is 0 Å². The summed E-state index contributed by atoms with van der Waals surface area (Å²) in [6, 6.07) is 14.1. The topological polar surface area (TPSA) is 12.4 Å². The van der Waals surface area contributed by atoms with Gasteiger partial charge in [0.15, 0.2) is 0 Å². The van der Waals surface area contributed by atoms with Crippen LogP contribution >= 0.6 is 22.6 Å². The van der Waals surface area contributed by atoms with Crippen molar-refractivity contribution in [1.82, 2.24) is 0 Å². The molecule has 80 valence electrons. The van der Waals surface area contributed by atoms with Crippen LogP contribution < -0.4 is 0 Å². The number of aliphatic imine (C=N–C) groups is 1. The Bertz CT molecular complexity index is 441. The molecule has 0 bridgehead atoms. The molecule has 0 radical (unpaired) electrons. The molecule has 0 atom stereocenters. The molecule has 16 heavy (non-hydrogen) atoms. The van der Waals surface area contributed by atoms with Crippen molar-refractivity contribution in [2.24, 2.45) is 4.99 Å². The third kappa shape index (κ3) is 3.13. The standard InChI is InChI=1S/C13H9FIN/c14-11-3-7-13(8-4-11)16-9-10-1-5-12(15)6-2-10/h1-9H/b16-9-. The Labute approximate surface area is 107 Å². The van der Waals surface area contributed by atoms with Crippen molar-refractivity contribution in [2.45, 2.75) is 0 Å². The molecular weight excluding hydrogens is 316 g/mol. The monoisotopic (exact) mass is 325 g/mol. The molecule has 1 nitrogen and oxygen atoms in total.